The van der Waals surface area contributed by atoms with Crippen molar-refractivity contribution in [3.05, 3.63) is 23.8 Å². The maximum absolute atomic E-state index is 12.3. The number of thiazole rings is 1. The second-order valence-corrected chi connectivity index (χ2v) is 6.59. The summed E-state index contributed by atoms with van der Waals surface area (Å²) in [6, 6.07) is 6.34. The lowest BCUT2D eigenvalue weighted by atomic mass is 9.99. The van der Waals surface area contributed by atoms with Crippen LogP contribution < -0.4 is 4.90 Å². The number of carbonyl (C=O) groups is 1. The van der Waals surface area contributed by atoms with E-state index in [2.05, 4.69) is 35.0 Å². The van der Waals surface area contributed by atoms with Crippen LogP contribution in [0.2, 0.25) is 0 Å². The summed E-state index contributed by atoms with van der Waals surface area (Å²) in [6.07, 6.45) is 0. The van der Waals surface area contributed by atoms with E-state index in [-0.39, 0.29) is 11.8 Å². The quantitative estimate of drug-likeness (QED) is 0.871. The van der Waals surface area contributed by atoms with Gasteiger partial charge in [0.1, 0.15) is 0 Å². The molecule has 0 spiro atoms. The molecular formula is C16H21N3OS. The Bertz CT molecular complexity index is 657. The molecule has 0 saturated carbocycles. The average Bonchev–Trinajstić information content (AvgIpc) is 2.80. The minimum absolute atomic E-state index is 0.138. The Morgan fingerprint density at radius 3 is 2.76 bits per heavy atom. The molecule has 0 radical (unpaired) electrons. The van der Waals surface area contributed by atoms with Crippen molar-refractivity contribution < 1.29 is 4.79 Å². The van der Waals surface area contributed by atoms with Gasteiger partial charge >= 0.3 is 0 Å². The average molecular weight is 303 g/mol. The molecule has 2 heterocycles. The molecule has 1 aromatic carbocycles. The number of aromatic nitrogens is 1. The third-order valence-electron chi connectivity index (χ3n) is 4.11. The van der Waals surface area contributed by atoms with Crippen LogP contribution in [-0.4, -0.2) is 42.0 Å². The smallest absolute Gasteiger partial charge is 0.229 e. The minimum Gasteiger partial charge on any atom is -0.346 e. The largest absolute Gasteiger partial charge is 0.346 e. The van der Waals surface area contributed by atoms with Crippen LogP contribution in [0.25, 0.3) is 10.2 Å². The first-order chi connectivity index (χ1) is 10.1. The number of hydrogen-bond donors (Lipinski definition) is 0. The standard InChI is InChI=1S/C16H21N3OS/c1-4-18(5-2)15(20)12-9-19(10-12)16-17-13-7-6-11(3)8-14(13)21-16/h6-8,12H,4-5,9-10H2,1-3H3. The number of carbonyl (C=O) groups excluding carboxylic acids is 1. The lowest BCUT2D eigenvalue weighted by Gasteiger charge is -2.40. The summed E-state index contributed by atoms with van der Waals surface area (Å²) >= 11 is 1.72. The minimum atomic E-state index is 0.138. The van der Waals surface area contributed by atoms with E-state index in [1.807, 2.05) is 18.7 Å². The number of anilines is 1. The number of rotatable bonds is 4. The van der Waals surface area contributed by atoms with E-state index in [1.54, 1.807) is 11.3 Å². The molecule has 1 aromatic heterocycles. The van der Waals surface area contributed by atoms with Crippen molar-refractivity contribution in [1.82, 2.24) is 9.88 Å². The van der Waals surface area contributed by atoms with Gasteiger partial charge in [-0.15, -0.1) is 0 Å². The predicted molar refractivity (Wildman–Crippen MR) is 88.0 cm³/mol. The number of aryl methyl sites for hydroxylation is 1. The van der Waals surface area contributed by atoms with Crippen LogP contribution in [0.15, 0.2) is 18.2 Å². The fourth-order valence-corrected chi connectivity index (χ4v) is 3.82. The van der Waals surface area contributed by atoms with Crippen molar-refractivity contribution in [3.8, 4) is 0 Å². The van der Waals surface area contributed by atoms with Gasteiger partial charge in [0.2, 0.25) is 5.91 Å². The second kappa shape index (κ2) is 5.64. The Labute approximate surface area is 129 Å². The van der Waals surface area contributed by atoms with Crippen LogP contribution in [0, 0.1) is 12.8 Å². The maximum atomic E-state index is 12.3. The van der Waals surface area contributed by atoms with Crippen molar-refractivity contribution in [2.75, 3.05) is 31.1 Å². The van der Waals surface area contributed by atoms with Crippen molar-refractivity contribution in [2.24, 2.45) is 5.92 Å². The predicted octanol–water partition coefficient (Wildman–Crippen LogP) is 2.91. The first-order valence-electron chi connectivity index (χ1n) is 7.53. The molecule has 0 unspecified atom stereocenters. The third-order valence-corrected chi connectivity index (χ3v) is 5.19. The molecule has 1 aliphatic rings. The molecule has 1 aliphatic heterocycles. The molecule has 1 fully saturated rings. The lowest BCUT2D eigenvalue weighted by molar-refractivity contribution is -0.135. The molecule has 0 bridgehead atoms. The SMILES string of the molecule is CCN(CC)C(=O)C1CN(c2nc3ccc(C)cc3s2)C1. The topological polar surface area (TPSA) is 36.4 Å². The highest BCUT2D eigenvalue weighted by atomic mass is 32.1. The van der Waals surface area contributed by atoms with Crippen LogP contribution in [0.1, 0.15) is 19.4 Å². The third kappa shape index (κ3) is 2.62. The van der Waals surface area contributed by atoms with E-state index in [0.29, 0.717) is 0 Å². The number of nitrogens with zero attached hydrogens (tertiary/aromatic N) is 3. The number of fused-ring (bicyclic) bond motifs is 1. The van der Waals surface area contributed by atoms with Crippen molar-refractivity contribution >= 4 is 32.6 Å². The summed E-state index contributed by atoms with van der Waals surface area (Å²) in [5.74, 6) is 0.423. The maximum Gasteiger partial charge on any atom is 0.229 e. The monoisotopic (exact) mass is 303 g/mol. The molecule has 0 atom stereocenters. The van der Waals surface area contributed by atoms with E-state index in [1.165, 1.54) is 10.3 Å². The molecule has 5 heteroatoms. The molecule has 3 rings (SSSR count). The van der Waals surface area contributed by atoms with E-state index < -0.39 is 0 Å². The highest BCUT2D eigenvalue weighted by Gasteiger charge is 2.36. The fraction of sp³-hybridized carbons (Fsp3) is 0.500. The number of hydrogen-bond acceptors (Lipinski definition) is 4. The summed E-state index contributed by atoms with van der Waals surface area (Å²) in [5.41, 5.74) is 2.31. The van der Waals surface area contributed by atoms with Gasteiger partial charge in [0.25, 0.3) is 0 Å². The van der Waals surface area contributed by atoms with E-state index in [0.717, 1.165) is 36.8 Å². The van der Waals surface area contributed by atoms with E-state index in [4.69, 9.17) is 0 Å². The summed E-state index contributed by atoms with van der Waals surface area (Å²) in [5, 5.41) is 1.04. The number of benzene rings is 1. The summed E-state index contributed by atoms with van der Waals surface area (Å²) in [4.78, 5) is 21.1. The van der Waals surface area contributed by atoms with Gasteiger partial charge < -0.3 is 9.80 Å². The van der Waals surface area contributed by atoms with Crippen LogP contribution in [0.3, 0.4) is 0 Å². The number of amides is 1. The molecule has 4 nitrogen and oxygen atoms in total. The van der Waals surface area contributed by atoms with Crippen LogP contribution in [0.5, 0.6) is 0 Å². The van der Waals surface area contributed by atoms with Crippen molar-refractivity contribution in [3.63, 3.8) is 0 Å². The Kier molecular flexibility index (Phi) is 3.85. The first-order valence-corrected chi connectivity index (χ1v) is 8.35. The lowest BCUT2D eigenvalue weighted by Crippen LogP contribution is -2.54. The van der Waals surface area contributed by atoms with Crippen LogP contribution >= 0.6 is 11.3 Å². The Balaban J connectivity index is 1.68. The van der Waals surface area contributed by atoms with Crippen molar-refractivity contribution in [2.45, 2.75) is 20.8 Å². The summed E-state index contributed by atoms with van der Waals surface area (Å²) in [7, 11) is 0. The van der Waals surface area contributed by atoms with Crippen LogP contribution in [0.4, 0.5) is 5.13 Å². The highest BCUT2D eigenvalue weighted by molar-refractivity contribution is 7.22. The highest BCUT2D eigenvalue weighted by Crippen LogP contribution is 2.33. The van der Waals surface area contributed by atoms with Gasteiger partial charge in [-0.05, 0) is 38.5 Å². The molecule has 0 aliphatic carbocycles. The molecule has 2 aromatic rings. The first kappa shape index (κ1) is 14.3. The summed E-state index contributed by atoms with van der Waals surface area (Å²) in [6.45, 7) is 9.36. The zero-order valence-corrected chi connectivity index (χ0v) is 13.6. The van der Waals surface area contributed by atoms with Gasteiger partial charge in [0, 0.05) is 26.2 Å². The second-order valence-electron chi connectivity index (χ2n) is 5.58. The molecule has 1 saturated heterocycles. The molecule has 1 amide bonds. The fourth-order valence-electron chi connectivity index (χ4n) is 2.74. The van der Waals surface area contributed by atoms with Gasteiger partial charge in [0.15, 0.2) is 5.13 Å². The van der Waals surface area contributed by atoms with Crippen LogP contribution in [-0.2, 0) is 4.79 Å². The molecule has 112 valence electrons. The van der Waals surface area contributed by atoms with E-state index in [9.17, 15) is 4.79 Å². The summed E-state index contributed by atoms with van der Waals surface area (Å²) < 4.78 is 1.23. The van der Waals surface area contributed by atoms with Gasteiger partial charge in [-0.2, -0.15) is 0 Å². The van der Waals surface area contributed by atoms with Gasteiger partial charge in [-0.1, -0.05) is 17.4 Å². The molecular weight excluding hydrogens is 282 g/mol. The molecule has 0 N–H and O–H groups in total. The zero-order chi connectivity index (χ0) is 15.0. The van der Waals surface area contributed by atoms with Gasteiger partial charge in [0.05, 0.1) is 16.1 Å². The van der Waals surface area contributed by atoms with Crippen molar-refractivity contribution in [1.29, 1.82) is 0 Å². The van der Waals surface area contributed by atoms with Gasteiger partial charge in [-0.3, -0.25) is 4.79 Å². The normalized spacial score (nSPS) is 15.3. The Hall–Kier alpha value is -1.62. The molecule has 21 heavy (non-hydrogen) atoms. The zero-order valence-electron chi connectivity index (χ0n) is 12.8. The Morgan fingerprint density at radius 2 is 2.10 bits per heavy atom. The Morgan fingerprint density at radius 1 is 1.38 bits per heavy atom. The van der Waals surface area contributed by atoms with E-state index >= 15 is 0 Å². The van der Waals surface area contributed by atoms with Gasteiger partial charge in [-0.25, -0.2) is 4.98 Å².